The fraction of sp³-hybridized carbons (Fsp3) is 0.231. The Morgan fingerprint density at radius 3 is 2.61 bits per heavy atom. The van der Waals surface area contributed by atoms with Crippen LogP contribution in [0.3, 0.4) is 0 Å². The van der Waals surface area contributed by atoms with Gasteiger partial charge >= 0.3 is 6.03 Å². The summed E-state index contributed by atoms with van der Waals surface area (Å²) in [5.41, 5.74) is 4.20. The summed E-state index contributed by atoms with van der Waals surface area (Å²) >= 11 is 0. The highest BCUT2D eigenvalue weighted by Crippen LogP contribution is 2.16. The molecule has 0 radical (unpaired) electrons. The van der Waals surface area contributed by atoms with Crippen LogP contribution in [0.25, 0.3) is 0 Å². The van der Waals surface area contributed by atoms with E-state index in [1.54, 1.807) is 0 Å². The first-order chi connectivity index (χ1) is 8.56. The summed E-state index contributed by atoms with van der Waals surface area (Å²) < 4.78 is 0. The molecule has 0 aliphatic heterocycles. The number of benzene rings is 1. The van der Waals surface area contributed by atoms with Crippen LogP contribution in [0.15, 0.2) is 24.3 Å². The lowest BCUT2D eigenvalue weighted by Gasteiger charge is -2.08. The van der Waals surface area contributed by atoms with Crippen molar-refractivity contribution >= 4 is 17.4 Å². The monoisotopic (exact) mass is 244 g/mol. The summed E-state index contributed by atoms with van der Waals surface area (Å²) in [6.45, 7) is 5.68. The molecule has 0 fully saturated rings. The van der Waals surface area contributed by atoms with E-state index < -0.39 is 0 Å². The average Bonchev–Trinajstić information content (AvgIpc) is 2.61. The Bertz CT molecular complexity index is 555. The van der Waals surface area contributed by atoms with Gasteiger partial charge < -0.3 is 10.6 Å². The van der Waals surface area contributed by atoms with Gasteiger partial charge in [-0.25, -0.2) is 4.79 Å². The molecule has 1 aromatic carbocycles. The molecule has 2 amide bonds. The molecule has 0 bridgehead atoms. The van der Waals surface area contributed by atoms with E-state index in [0.29, 0.717) is 0 Å². The van der Waals surface area contributed by atoms with Crippen molar-refractivity contribution < 1.29 is 4.79 Å². The van der Waals surface area contributed by atoms with E-state index in [2.05, 4.69) is 20.8 Å². The Kier molecular flexibility index (Phi) is 3.32. The Labute approximate surface area is 106 Å². The highest BCUT2D eigenvalue weighted by molar-refractivity contribution is 6.00. The van der Waals surface area contributed by atoms with E-state index in [-0.39, 0.29) is 6.03 Å². The van der Waals surface area contributed by atoms with E-state index in [1.165, 1.54) is 0 Å². The van der Waals surface area contributed by atoms with Gasteiger partial charge in [-0.2, -0.15) is 5.10 Å². The van der Waals surface area contributed by atoms with Crippen LogP contribution in [0.2, 0.25) is 0 Å². The van der Waals surface area contributed by atoms with Gasteiger partial charge in [0.15, 0.2) is 0 Å². The maximum atomic E-state index is 11.8. The number of nitrogens with zero attached hydrogens (tertiary/aromatic N) is 1. The summed E-state index contributed by atoms with van der Waals surface area (Å²) in [7, 11) is 0. The van der Waals surface area contributed by atoms with Gasteiger partial charge in [0.2, 0.25) is 0 Å². The number of hydrogen-bond donors (Lipinski definition) is 3. The minimum atomic E-state index is -0.270. The molecule has 0 unspecified atom stereocenters. The van der Waals surface area contributed by atoms with Crippen LogP contribution < -0.4 is 10.6 Å². The predicted octanol–water partition coefficient (Wildman–Crippen LogP) is 2.98. The predicted molar refractivity (Wildman–Crippen MR) is 71.9 cm³/mol. The molecule has 18 heavy (non-hydrogen) atoms. The summed E-state index contributed by atoms with van der Waals surface area (Å²) in [5.74, 6) is 0. The maximum absolute atomic E-state index is 11.8. The zero-order valence-corrected chi connectivity index (χ0v) is 10.7. The SMILES string of the molecule is Cc1cccc(NC(=O)Nc2c(C)n[nH]c2C)c1. The lowest BCUT2D eigenvalue weighted by Crippen LogP contribution is -2.20. The van der Waals surface area contributed by atoms with Crippen molar-refractivity contribution in [1.82, 2.24) is 10.2 Å². The molecule has 5 nitrogen and oxygen atoms in total. The number of urea groups is 1. The van der Waals surface area contributed by atoms with Gasteiger partial charge in [0.25, 0.3) is 0 Å². The van der Waals surface area contributed by atoms with Crippen LogP contribution in [0.5, 0.6) is 0 Å². The standard InChI is InChI=1S/C13H16N4O/c1-8-5-4-6-11(7-8)14-13(18)15-12-9(2)16-17-10(12)3/h4-7H,1-3H3,(H,16,17)(H2,14,15,18). The number of amides is 2. The molecule has 5 heteroatoms. The van der Waals surface area contributed by atoms with Crippen molar-refractivity contribution in [3.63, 3.8) is 0 Å². The largest absolute Gasteiger partial charge is 0.323 e. The van der Waals surface area contributed by atoms with Crippen LogP contribution in [-0.4, -0.2) is 16.2 Å². The van der Waals surface area contributed by atoms with Gasteiger partial charge in [-0.15, -0.1) is 0 Å². The van der Waals surface area contributed by atoms with Gasteiger partial charge in [-0.3, -0.25) is 5.10 Å². The molecule has 94 valence electrons. The highest BCUT2D eigenvalue weighted by Gasteiger charge is 2.09. The van der Waals surface area contributed by atoms with Crippen molar-refractivity contribution in [2.24, 2.45) is 0 Å². The summed E-state index contributed by atoms with van der Waals surface area (Å²) in [6.07, 6.45) is 0. The fourth-order valence-corrected chi connectivity index (χ4v) is 1.73. The minimum absolute atomic E-state index is 0.270. The van der Waals surface area contributed by atoms with Crippen molar-refractivity contribution in [2.45, 2.75) is 20.8 Å². The van der Waals surface area contributed by atoms with E-state index in [0.717, 1.165) is 28.3 Å². The molecule has 3 N–H and O–H groups in total. The Balaban J connectivity index is 2.06. The van der Waals surface area contributed by atoms with E-state index in [1.807, 2.05) is 45.0 Å². The molecule has 1 aromatic heterocycles. The molecule has 0 saturated carbocycles. The van der Waals surface area contributed by atoms with E-state index in [9.17, 15) is 4.79 Å². The van der Waals surface area contributed by atoms with Crippen LogP contribution in [0.4, 0.5) is 16.2 Å². The third kappa shape index (κ3) is 2.68. The number of aryl methyl sites for hydroxylation is 3. The lowest BCUT2D eigenvalue weighted by molar-refractivity contribution is 0.262. The highest BCUT2D eigenvalue weighted by atomic mass is 16.2. The minimum Gasteiger partial charge on any atom is -0.308 e. The van der Waals surface area contributed by atoms with Crippen LogP contribution in [0.1, 0.15) is 17.0 Å². The molecule has 0 atom stereocenters. The Morgan fingerprint density at radius 2 is 2.00 bits per heavy atom. The summed E-state index contributed by atoms with van der Waals surface area (Å²) in [6, 6.07) is 7.37. The summed E-state index contributed by atoms with van der Waals surface area (Å²) in [4.78, 5) is 11.8. The van der Waals surface area contributed by atoms with Gasteiger partial charge in [-0.05, 0) is 38.5 Å². The van der Waals surface area contributed by atoms with Crippen LogP contribution in [0, 0.1) is 20.8 Å². The summed E-state index contributed by atoms with van der Waals surface area (Å²) in [5, 5.41) is 12.4. The molecule has 0 saturated heterocycles. The number of aromatic nitrogens is 2. The Morgan fingerprint density at radius 1 is 1.22 bits per heavy atom. The normalized spacial score (nSPS) is 10.2. The smallest absolute Gasteiger partial charge is 0.308 e. The number of carbonyl (C=O) groups excluding carboxylic acids is 1. The molecule has 0 aliphatic rings. The van der Waals surface area contributed by atoms with Gasteiger partial charge in [0.1, 0.15) is 0 Å². The second-order valence-electron chi connectivity index (χ2n) is 4.26. The van der Waals surface area contributed by atoms with Crippen molar-refractivity contribution in [3.05, 3.63) is 41.2 Å². The number of aromatic amines is 1. The van der Waals surface area contributed by atoms with Gasteiger partial charge in [0.05, 0.1) is 17.1 Å². The van der Waals surface area contributed by atoms with E-state index in [4.69, 9.17) is 0 Å². The number of carbonyl (C=O) groups is 1. The molecule has 2 aromatic rings. The molecular weight excluding hydrogens is 228 g/mol. The number of anilines is 2. The number of H-pyrrole nitrogens is 1. The van der Waals surface area contributed by atoms with Gasteiger partial charge in [-0.1, -0.05) is 12.1 Å². The first-order valence-corrected chi connectivity index (χ1v) is 5.72. The fourth-order valence-electron chi connectivity index (χ4n) is 1.73. The number of nitrogens with one attached hydrogen (secondary N) is 3. The molecule has 0 spiro atoms. The number of rotatable bonds is 2. The zero-order valence-electron chi connectivity index (χ0n) is 10.7. The molecular formula is C13H16N4O. The first-order valence-electron chi connectivity index (χ1n) is 5.72. The van der Waals surface area contributed by atoms with Crippen LogP contribution in [-0.2, 0) is 0 Å². The topological polar surface area (TPSA) is 69.8 Å². The third-order valence-electron chi connectivity index (χ3n) is 2.64. The second kappa shape index (κ2) is 4.91. The zero-order chi connectivity index (χ0) is 13.1. The van der Waals surface area contributed by atoms with Gasteiger partial charge in [0, 0.05) is 5.69 Å². The third-order valence-corrected chi connectivity index (χ3v) is 2.64. The van der Waals surface area contributed by atoms with Crippen LogP contribution >= 0.6 is 0 Å². The first kappa shape index (κ1) is 12.2. The second-order valence-corrected chi connectivity index (χ2v) is 4.26. The van der Waals surface area contributed by atoms with Crippen molar-refractivity contribution in [3.8, 4) is 0 Å². The number of hydrogen-bond acceptors (Lipinski definition) is 2. The lowest BCUT2D eigenvalue weighted by atomic mass is 10.2. The maximum Gasteiger partial charge on any atom is 0.323 e. The quantitative estimate of drug-likeness (QED) is 0.760. The van der Waals surface area contributed by atoms with E-state index >= 15 is 0 Å². The van der Waals surface area contributed by atoms with Crippen molar-refractivity contribution in [2.75, 3.05) is 10.6 Å². The molecule has 0 aliphatic carbocycles. The Hall–Kier alpha value is -2.30. The average molecular weight is 244 g/mol. The molecule has 2 rings (SSSR count). The molecule has 1 heterocycles. The van der Waals surface area contributed by atoms with Crippen molar-refractivity contribution in [1.29, 1.82) is 0 Å².